The highest BCUT2D eigenvalue weighted by Crippen LogP contribution is 2.23. The van der Waals surface area contributed by atoms with Crippen molar-refractivity contribution >= 4 is 34.6 Å². The molecule has 0 radical (unpaired) electrons. The lowest BCUT2D eigenvalue weighted by Gasteiger charge is -2.21. The molecule has 9 heteroatoms. The van der Waals surface area contributed by atoms with Crippen LogP contribution in [0.15, 0.2) is 24.3 Å². The van der Waals surface area contributed by atoms with E-state index in [1.54, 1.807) is 24.3 Å². The molecular weight excluding hydrogens is 364 g/mol. The van der Waals surface area contributed by atoms with Crippen LogP contribution in [-0.4, -0.2) is 51.0 Å². The molecule has 0 aliphatic carbocycles. The molecule has 3 rings (SSSR count). The second kappa shape index (κ2) is 8.20. The van der Waals surface area contributed by atoms with Crippen molar-refractivity contribution < 1.29 is 23.9 Å². The van der Waals surface area contributed by atoms with Crippen LogP contribution in [0.4, 0.5) is 0 Å². The van der Waals surface area contributed by atoms with Gasteiger partial charge in [-0.25, -0.2) is 4.79 Å². The fourth-order valence-corrected chi connectivity index (χ4v) is 3.27. The van der Waals surface area contributed by atoms with Gasteiger partial charge in [-0.15, -0.1) is 0 Å². The number of hydrogen-bond acceptors (Lipinski definition) is 6. The van der Waals surface area contributed by atoms with Crippen LogP contribution in [0, 0.1) is 0 Å². The molecule has 148 valence electrons. The minimum atomic E-state index is -0.922. The maximum Gasteiger partial charge on any atom is 0.329 e. The van der Waals surface area contributed by atoms with Crippen molar-refractivity contribution in [3.05, 3.63) is 30.0 Å². The number of aromatic nitrogens is 2. The quantitative estimate of drug-likeness (QED) is 0.559. The maximum atomic E-state index is 12.8. The van der Waals surface area contributed by atoms with Crippen LogP contribution in [-0.2, 0) is 25.7 Å². The third-order valence-corrected chi connectivity index (χ3v) is 4.67. The van der Waals surface area contributed by atoms with Crippen molar-refractivity contribution in [2.24, 2.45) is 5.73 Å². The minimum absolute atomic E-state index is 0.0478. The number of nitrogens with two attached hydrogens (primary N) is 1. The summed E-state index contributed by atoms with van der Waals surface area (Å²) in [6.07, 6.45) is 1.93. The largest absolute Gasteiger partial charge is 0.464 e. The molecule has 1 aliphatic rings. The number of esters is 1. The number of hydrogen-bond donors (Lipinski definition) is 1. The maximum absolute atomic E-state index is 12.8. The summed E-state index contributed by atoms with van der Waals surface area (Å²) in [4.78, 5) is 49.9. The van der Waals surface area contributed by atoms with E-state index in [9.17, 15) is 19.2 Å². The molecule has 0 unspecified atom stereocenters. The predicted molar refractivity (Wildman–Crippen MR) is 99.0 cm³/mol. The van der Waals surface area contributed by atoms with E-state index in [0.29, 0.717) is 10.9 Å². The zero-order valence-corrected chi connectivity index (χ0v) is 15.6. The van der Waals surface area contributed by atoms with E-state index in [-0.39, 0.29) is 31.7 Å². The highest BCUT2D eigenvalue weighted by atomic mass is 16.5. The van der Waals surface area contributed by atoms with Crippen molar-refractivity contribution in [3.8, 4) is 0 Å². The van der Waals surface area contributed by atoms with Crippen LogP contribution >= 0.6 is 0 Å². The van der Waals surface area contributed by atoms with Gasteiger partial charge in [0.1, 0.15) is 12.6 Å². The van der Waals surface area contributed by atoms with Crippen LogP contribution in [0.1, 0.15) is 43.1 Å². The number of likely N-dealkylation sites (tertiary alicyclic amines) is 1. The minimum Gasteiger partial charge on any atom is -0.464 e. The van der Waals surface area contributed by atoms with Gasteiger partial charge in [-0.2, -0.15) is 5.10 Å². The summed E-state index contributed by atoms with van der Waals surface area (Å²) < 4.78 is 6.50. The van der Waals surface area contributed by atoms with Crippen LogP contribution in [0.3, 0.4) is 0 Å². The molecule has 28 heavy (non-hydrogen) atoms. The highest BCUT2D eigenvalue weighted by molar-refractivity contribution is 6.05. The van der Waals surface area contributed by atoms with Gasteiger partial charge in [-0.3, -0.25) is 24.0 Å². The Labute approximate surface area is 161 Å². The number of amides is 3. The van der Waals surface area contributed by atoms with Gasteiger partial charge in [-0.1, -0.05) is 31.5 Å². The Balaban J connectivity index is 1.81. The van der Waals surface area contributed by atoms with Gasteiger partial charge < -0.3 is 10.5 Å². The first-order valence-electron chi connectivity index (χ1n) is 9.21. The van der Waals surface area contributed by atoms with E-state index in [4.69, 9.17) is 10.5 Å². The second-order valence-electron chi connectivity index (χ2n) is 6.62. The van der Waals surface area contributed by atoms with Crippen molar-refractivity contribution in [1.82, 2.24) is 14.7 Å². The van der Waals surface area contributed by atoms with E-state index >= 15 is 0 Å². The van der Waals surface area contributed by atoms with Crippen LogP contribution < -0.4 is 5.73 Å². The van der Waals surface area contributed by atoms with Crippen LogP contribution in [0.25, 0.3) is 10.9 Å². The lowest BCUT2D eigenvalue weighted by atomic mass is 10.2. The number of rotatable bonds is 7. The predicted octanol–water partition coefficient (Wildman–Crippen LogP) is 0.996. The zero-order valence-electron chi connectivity index (χ0n) is 15.6. The average Bonchev–Trinajstić information content (AvgIpc) is 3.23. The molecule has 0 saturated carbocycles. The SMILES string of the molecule is CCCCOC(=O)[C@@H]1CCC(=O)N1C(=O)Cn1nc(C(N)=O)c2ccccc21. The van der Waals surface area contributed by atoms with Crippen LogP contribution in [0.5, 0.6) is 0 Å². The summed E-state index contributed by atoms with van der Waals surface area (Å²) in [6, 6.07) is 5.93. The summed E-state index contributed by atoms with van der Waals surface area (Å²) in [5, 5.41) is 4.64. The van der Waals surface area contributed by atoms with E-state index in [0.717, 1.165) is 17.7 Å². The van der Waals surface area contributed by atoms with Gasteiger partial charge in [0.25, 0.3) is 11.8 Å². The number of para-hydroxylation sites is 1. The molecule has 1 aromatic heterocycles. The number of fused-ring (bicyclic) bond motifs is 1. The zero-order chi connectivity index (χ0) is 20.3. The van der Waals surface area contributed by atoms with Crippen LogP contribution in [0.2, 0.25) is 0 Å². The van der Waals surface area contributed by atoms with E-state index in [2.05, 4.69) is 5.10 Å². The molecule has 1 atom stereocenters. The van der Waals surface area contributed by atoms with E-state index < -0.39 is 29.7 Å². The summed E-state index contributed by atoms with van der Waals surface area (Å²) in [5.74, 6) is -2.29. The summed E-state index contributed by atoms with van der Waals surface area (Å²) in [5.41, 5.74) is 5.95. The van der Waals surface area contributed by atoms with Crippen molar-refractivity contribution in [1.29, 1.82) is 0 Å². The number of ether oxygens (including phenoxy) is 1. The number of primary amides is 1. The Morgan fingerprint density at radius 2 is 2.04 bits per heavy atom. The molecule has 2 heterocycles. The third kappa shape index (κ3) is 3.73. The first-order chi connectivity index (χ1) is 13.4. The average molecular weight is 386 g/mol. The number of nitrogens with zero attached hydrogens (tertiary/aromatic N) is 3. The molecule has 1 aliphatic heterocycles. The van der Waals surface area contributed by atoms with Crippen molar-refractivity contribution in [2.75, 3.05) is 6.61 Å². The molecule has 1 aromatic carbocycles. The summed E-state index contributed by atoms with van der Waals surface area (Å²) in [7, 11) is 0. The van der Waals surface area contributed by atoms with Gasteiger partial charge >= 0.3 is 5.97 Å². The van der Waals surface area contributed by atoms with Crippen molar-refractivity contribution in [2.45, 2.75) is 45.2 Å². The molecule has 2 aromatic rings. The monoisotopic (exact) mass is 386 g/mol. The Bertz CT molecular complexity index is 936. The van der Waals surface area contributed by atoms with Gasteiger partial charge in [0.05, 0.1) is 12.1 Å². The standard InChI is InChI=1S/C19H22N4O5/c1-2-3-10-28-19(27)14-8-9-15(24)23(14)16(25)11-22-13-7-5-4-6-12(13)17(21-22)18(20)26/h4-7,14H,2-3,8-11H2,1H3,(H2,20,26)/t14-/m0/s1. The lowest BCUT2D eigenvalue weighted by Crippen LogP contribution is -2.45. The first-order valence-corrected chi connectivity index (χ1v) is 9.21. The highest BCUT2D eigenvalue weighted by Gasteiger charge is 2.41. The molecule has 0 bridgehead atoms. The fraction of sp³-hybridized carbons (Fsp3) is 0.421. The van der Waals surface area contributed by atoms with Gasteiger partial charge in [0.2, 0.25) is 5.91 Å². The van der Waals surface area contributed by atoms with E-state index in [1.807, 2.05) is 6.92 Å². The molecule has 2 N–H and O–H groups in total. The number of carbonyl (C=O) groups excluding carboxylic acids is 4. The van der Waals surface area contributed by atoms with Gasteiger partial charge in [0.15, 0.2) is 5.69 Å². The summed E-state index contributed by atoms with van der Waals surface area (Å²) in [6.45, 7) is 1.93. The van der Waals surface area contributed by atoms with Crippen molar-refractivity contribution in [3.63, 3.8) is 0 Å². The number of benzene rings is 1. The molecule has 9 nitrogen and oxygen atoms in total. The normalized spacial score (nSPS) is 16.5. The molecule has 1 saturated heterocycles. The molecule has 1 fully saturated rings. The lowest BCUT2D eigenvalue weighted by molar-refractivity contribution is -0.158. The summed E-state index contributed by atoms with van der Waals surface area (Å²) >= 11 is 0. The Morgan fingerprint density at radius 1 is 1.29 bits per heavy atom. The number of imide groups is 1. The molecular formula is C19H22N4O5. The Hall–Kier alpha value is -3.23. The topological polar surface area (TPSA) is 125 Å². The third-order valence-electron chi connectivity index (χ3n) is 4.67. The Morgan fingerprint density at radius 3 is 2.75 bits per heavy atom. The fourth-order valence-electron chi connectivity index (χ4n) is 3.27. The van der Waals surface area contributed by atoms with Gasteiger partial charge in [0, 0.05) is 11.8 Å². The number of unbranched alkanes of at least 4 members (excludes halogenated alkanes) is 1. The first kappa shape index (κ1) is 19.5. The number of carbonyl (C=O) groups is 4. The van der Waals surface area contributed by atoms with Gasteiger partial charge in [-0.05, 0) is 18.9 Å². The smallest absolute Gasteiger partial charge is 0.329 e. The molecule has 3 amide bonds. The second-order valence-corrected chi connectivity index (χ2v) is 6.62. The Kier molecular flexibility index (Phi) is 5.72. The van der Waals surface area contributed by atoms with E-state index in [1.165, 1.54) is 4.68 Å². The molecule has 0 spiro atoms.